The lowest BCUT2D eigenvalue weighted by molar-refractivity contribution is -0.165. The van der Waals surface area contributed by atoms with E-state index >= 15 is 0 Å². The van der Waals surface area contributed by atoms with Crippen LogP contribution in [0.4, 0.5) is 16.6 Å². The van der Waals surface area contributed by atoms with E-state index in [1.54, 1.807) is 4.68 Å². The highest BCUT2D eigenvalue weighted by molar-refractivity contribution is 5.89. The summed E-state index contributed by atoms with van der Waals surface area (Å²) in [4.78, 5) is 16.2. The number of pyridine rings is 1. The van der Waals surface area contributed by atoms with Crippen molar-refractivity contribution in [1.82, 2.24) is 29.7 Å². The topological polar surface area (TPSA) is 129 Å². The molecule has 2 fully saturated rings. The number of nitrogens with zero attached hydrogens (tertiary/aromatic N) is 6. The fourth-order valence-corrected chi connectivity index (χ4v) is 8.34. The summed E-state index contributed by atoms with van der Waals surface area (Å²) in [6.45, 7) is 12.4. The Bertz CT molecular complexity index is 2140. The lowest BCUT2D eigenvalue weighted by atomic mass is 9.85. The minimum absolute atomic E-state index is 0.154. The molecule has 5 atom stereocenters. The molecule has 3 aromatic heterocycles. The third-order valence-electron chi connectivity index (χ3n) is 11.4. The van der Waals surface area contributed by atoms with Gasteiger partial charge in [-0.25, -0.2) is 9.48 Å². The Morgan fingerprint density at radius 1 is 0.860 bits per heavy atom. The number of hydrogen-bond donors (Lipinski definition) is 2. The number of rotatable bonds is 11. The summed E-state index contributed by atoms with van der Waals surface area (Å²) in [5.74, 6) is 2.87. The predicted octanol–water partition coefficient (Wildman–Crippen LogP) is 8.68. The van der Waals surface area contributed by atoms with Crippen molar-refractivity contribution in [2.45, 2.75) is 122 Å². The Kier molecular flexibility index (Phi) is 11.4. The molecule has 2 aromatic carbocycles. The number of ether oxygens (including phenoxy) is 4. The van der Waals surface area contributed by atoms with Crippen LogP contribution >= 0.6 is 0 Å². The molecule has 8 rings (SSSR count). The third-order valence-corrected chi connectivity index (χ3v) is 11.4. The van der Waals surface area contributed by atoms with Gasteiger partial charge < -0.3 is 29.2 Å². The molecule has 0 bridgehead atoms. The number of carbonyl (C=O) groups excluding carboxylic acids is 1. The standard InChI is InChI=1S/C44H56N8O5/c1-29-12-10-13-30(2)51(29)43-48-47-39-22-19-33(28-50(39)43)57-37-21-20-36(34-16-6-7-17-35(34)37)45-42(53)46-40-27-38(44(3,4)5)49-52(40)31-14-11-15-32(26-31)54-24-25-56-41-18-8-9-23-55-41/h6-7,11,14-17,19,22,26-30,36-37,41H,8-10,12-13,18,20-21,23-25H2,1-5H3,(H2,45,46,53)/t29-,30+,36-,37+,41?/m0/s1. The normalized spacial score (nSPS) is 22.5. The predicted molar refractivity (Wildman–Crippen MR) is 219 cm³/mol. The van der Waals surface area contributed by atoms with Gasteiger partial charge in [-0.05, 0) is 101 Å². The number of aromatic nitrogens is 5. The summed E-state index contributed by atoms with van der Waals surface area (Å²) in [6, 6.07) is 22.1. The first-order valence-electron chi connectivity index (χ1n) is 20.6. The molecule has 5 heterocycles. The first-order valence-corrected chi connectivity index (χ1v) is 20.6. The first-order chi connectivity index (χ1) is 27.6. The van der Waals surface area contributed by atoms with E-state index in [-0.39, 0.29) is 29.9 Å². The Morgan fingerprint density at radius 3 is 2.47 bits per heavy atom. The van der Waals surface area contributed by atoms with Gasteiger partial charge in [-0.3, -0.25) is 9.72 Å². The molecule has 302 valence electrons. The monoisotopic (exact) mass is 776 g/mol. The number of carbonyl (C=O) groups is 1. The molecule has 2 aliphatic heterocycles. The van der Waals surface area contributed by atoms with Gasteiger partial charge in [0.05, 0.1) is 30.2 Å². The number of anilines is 2. The first kappa shape index (κ1) is 38.7. The lowest BCUT2D eigenvalue weighted by Crippen LogP contribution is -2.44. The Morgan fingerprint density at radius 2 is 1.68 bits per heavy atom. The lowest BCUT2D eigenvalue weighted by Gasteiger charge is -2.39. The molecule has 2 saturated heterocycles. The van der Waals surface area contributed by atoms with Crippen molar-refractivity contribution in [3.05, 3.63) is 89.7 Å². The minimum atomic E-state index is -0.308. The van der Waals surface area contributed by atoms with E-state index in [0.29, 0.717) is 43.3 Å². The minimum Gasteiger partial charge on any atom is -0.491 e. The fourth-order valence-electron chi connectivity index (χ4n) is 8.34. The number of benzene rings is 2. The summed E-state index contributed by atoms with van der Waals surface area (Å²) < 4.78 is 28.1. The van der Waals surface area contributed by atoms with Crippen LogP contribution < -0.4 is 25.0 Å². The van der Waals surface area contributed by atoms with E-state index in [4.69, 9.17) is 24.0 Å². The molecule has 57 heavy (non-hydrogen) atoms. The molecule has 5 aromatic rings. The Labute approximate surface area is 335 Å². The molecule has 1 unspecified atom stereocenters. The molecular formula is C44H56N8O5. The van der Waals surface area contributed by atoms with Gasteiger partial charge >= 0.3 is 6.03 Å². The van der Waals surface area contributed by atoms with Crippen molar-refractivity contribution in [3.8, 4) is 17.2 Å². The van der Waals surface area contributed by atoms with Crippen molar-refractivity contribution in [2.75, 3.05) is 30.0 Å². The Balaban J connectivity index is 0.950. The molecule has 13 nitrogen and oxygen atoms in total. The molecule has 0 saturated carbocycles. The van der Waals surface area contributed by atoms with Gasteiger partial charge in [0, 0.05) is 36.2 Å². The second kappa shape index (κ2) is 16.8. The van der Waals surface area contributed by atoms with Crippen molar-refractivity contribution in [2.24, 2.45) is 0 Å². The molecular weight excluding hydrogens is 721 g/mol. The van der Waals surface area contributed by atoms with Crippen molar-refractivity contribution in [1.29, 1.82) is 0 Å². The number of urea groups is 1. The molecule has 2 N–H and O–H groups in total. The number of piperidine rings is 1. The fraction of sp³-hybridized carbons (Fsp3) is 0.500. The van der Waals surface area contributed by atoms with Crippen LogP contribution in [0.3, 0.4) is 0 Å². The van der Waals surface area contributed by atoms with Gasteiger partial charge in [-0.1, -0.05) is 51.1 Å². The zero-order chi connectivity index (χ0) is 39.5. The maximum atomic E-state index is 13.8. The quantitative estimate of drug-likeness (QED) is 0.127. The second-order valence-corrected chi connectivity index (χ2v) is 16.7. The summed E-state index contributed by atoms with van der Waals surface area (Å²) in [5, 5.41) is 20.4. The molecule has 3 aliphatic rings. The zero-order valence-corrected chi connectivity index (χ0v) is 33.8. The molecule has 0 spiro atoms. The van der Waals surface area contributed by atoms with Crippen molar-refractivity contribution < 1.29 is 23.7 Å². The van der Waals surface area contributed by atoms with Crippen molar-refractivity contribution >= 4 is 23.4 Å². The second-order valence-electron chi connectivity index (χ2n) is 16.7. The van der Waals surface area contributed by atoms with Crippen LogP contribution in [-0.2, 0) is 14.9 Å². The summed E-state index contributed by atoms with van der Waals surface area (Å²) in [6.07, 6.45) is 9.74. The highest BCUT2D eigenvalue weighted by Gasteiger charge is 2.32. The largest absolute Gasteiger partial charge is 0.491 e. The number of nitrogens with one attached hydrogen (secondary N) is 2. The zero-order valence-electron chi connectivity index (χ0n) is 33.8. The average molecular weight is 777 g/mol. The maximum absolute atomic E-state index is 13.8. The highest BCUT2D eigenvalue weighted by Crippen LogP contribution is 2.39. The summed E-state index contributed by atoms with van der Waals surface area (Å²) in [7, 11) is 0. The average Bonchev–Trinajstić information content (AvgIpc) is 3.83. The maximum Gasteiger partial charge on any atom is 0.320 e. The highest BCUT2D eigenvalue weighted by atomic mass is 16.7. The van der Waals surface area contributed by atoms with E-state index in [9.17, 15) is 4.79 Å². The van der Waals surface area contributed by atoms with Crippen LogP contribution in [0.1, 0.15) is 115 Å². The van der Waals surface area contributed by atoms with Gasteiger partial charge in [0.1, 0.15) is 30.0 Å². The van der Waals surface area contributed by atoms with Crippen LogP contribution in [0.2, 0.25) is 0 Å². The molecule has 13 heteroatoms. The molecule has 2 amide bonds. The van der Waals surface area contributed by atoms with Gasteiger partial charge in [0.2, 0.25) is 5.95 Å². The summed E-state index contributed by atoms with van der Waals surface area (Å²) in [5.41, 5.74) is 4.28. The van der Waals surface area contributed by atoms with E-state index in [1.807, 2.05) is 60.8 Å². The van der Waals surface area contributed by atoms with Crippen LogP contribution in [0.25, 0.3) is 11.3 Å². The smallest absolute Gasteiger partial charge is 0.320 e. The van der Waals surface area contributed by atoms with E-state index in [1.165, 1.54) is 6.42 Å². The number of fused-ring (bicyclic) bond motifs is 2. The van der Waals surface area contributed by atoms with Gasteiger partial charge in [-0.15, -0.1) is 10.2 Å². The van der Waals surface area contributed by atoms with Gasteiger partial charge in [0.15, 0.2) is 11.9 Å². The number of hydrogen-bond acceptors (Lipinski definition) is 9. The van der Waals surface area contributed by atoms with E-state index in [0.717, 1.165) is 85.0 Å². The van der Waals surface area contributed by atoms with Gasteiger partial charge in [0.25, 0.3) is 0 Å². The Hall–Kier alpha value is -5.14. The van der Waals surface area contributed by atoms with Crippen LogP contribution in [-0.4, -0.2) is 68.6 Å². The molecule has 0 radical (unpaired) electrons. The van der Waals surface area contributed by atoms with Crippen LogP contribution in [0.15, 0.2) is 72.9 Å². The van der Waals surface area contributed by atoms with Gasteiger partial charge in [-0.2, -0.15) is 5.10 Å². The van der Waals surface area contributed by atoms with Crippen LogP contribution in [0, 0.1) is 0 Å². The SMILES string of the molecule is C[C@@H]1CCC[C@H](C)N1c1nnc2ccc(O[C@@H]3CC[C@H](NC(=O)Nc4cc(C(C)(C)C)nn4-c4cccc(OCCOC5CCCCO5)c4)c4ccccc43)cn12. The number of amides is 2. The van der Waals surface area contributed by atoms with Crippen LogP contribution in [0.5, 0.6) is 11.5 Å². The van der Waals surface area contributed by atoms with E-state index in [2.05, 4.69) is 76.9 Å². The molecule has 1 aliphatic carbocycles. The third kappa shape index (κ3) is 8.74. The van der Waals surface area contributed by atoms with Crippen molar-refractivity contribution in [3.63, 3.8) is 0 Å². The summed E-state index contributed by atoms with van der Waals surface area (Å²) >= 11 is 0. The van der Waals surface area contributed by atoms with E-state index < -0.39 is 0 Å².